The lowest BCUT2D eigenvalue weighted by atomic mass is 10.1. The molecule has 1 heterocycles. The van der Waals surface area contributed by atoms with Crippen LogP contribution in [0, 0.1) is 11.3 Å². The molecular formula is C10H13ClN2S. The summed E-state index contributed by atoms with van der Waals surface area (Å²) in [7, 11) is 1.94. The third-order valence-electron chi connectivity index (χ3n) is 2.25. The van der Waals surface area contributed by atoms with Gasteiger partial charge in [0.1, 0.15) is 5.54 Å². The molecule has 0 spiro atoms. The molecule has 4 heteroatoms. The van der Waals surface area contributed by atoms with Gasteiger partial charge < -0.3 is 0 Å². The van der Waals surface area contributed by atoms with Crippen LogP contribution >= 0.6 is 22.9 Å². The van der Waals surface area contributed by atoms with Gasteiger partial charge in [-0.2, -0.15) is 5.26 Å². The van der Waals surface area contributed by atoms with E-state index in [1.54, 1.807) is 11.3 Å². The van der Waals surface area contributed by atoms with Crippen molar-refractivity contribution in [1.29, 1.82) is 5.26 Å². The highest BCUT2D eigenvalue weighted by Crippen LogP contribution is 2.24. The molecule has 76 valence electrons. The summed E-state index contributed by atoms with van der Waals surface area (Å²) in [5.41, 5.74) is -0.434. The summed E-state index contributed by atoms with van der Waals surface area (Å²) in [4.78, 5) is 3.19. The lowest BCUT2D eigenvalue weighted by Gasteiger charge is -2.28. The number of hydrogen-bond acceptors (Lipinski definition) is 3. The fourth-order valence-corrected chi connectivity index (χ4v) is 2.09. The molecule has 0 unspecified atom stereocenters. The van der Waals surface area contributed by atoms with Crippen molar-refractivity contribution < 1.29 is 0 Å². The van der Waals surface area contributed by atoms with E-state index in [0.29, 0.717) is 0 Å². The minimum atomic E-state index is -0.434. The van der Waals surface area contributed by atoms with Crippen molar-refractivity contribution in [2.24, 2.45) is 0 Å². The molecule has 0 aromatic carbocycles. The second kappa shape index (κ2) is 4.31. The van der Waals surface area contributed by atoms with E-state index in [4.69, 9.17) is 16.9 Å². The molecule has 0 amide bonds. The SMILES string of the molecule is CN(Cc1ccc(Cl)s1)C(C)(C)C#N. The molecule has 0 saturated heterocycles. The van der Waals surface area contributed by atoms with E-state index in [9.17, 15) is 0 Å². The first kappa shape index (κ1) is 11.5. The van der Waals surface area contributed by atoms with Gasteiger partial charge in [-0.15, -0.1) is 11.3 Å². The third-order valence-corrected chi connectivity index (χ3v) is 3.47. The van der Waals surface area contributed by atoms with E-state index >= 15 is 0 Å². The Balaban J connectivity index is 2.67. The Morgan fingerprint density at radius 2 is 2.21 bits per heavy atom. The number of halogens is 1. The zero-order valence-electron chi connectivity index (χ0n) is 8.54. The molecule has 0 bridgehead atoms. The second-order valence-corrected chi connectivity index (χ2v) is 5.53. The number of thiophene rings is 1. The molecule has 1 rings (SSSR count). The molecule has 0 aliphatic carbocycles. The van der Waals surface area contributed by atoms with Gasteiger partial charge in [0.25, 0.3) is 0 Å². The summed E-state index contributed by atoms with van der Waals surface area (Å²) in [5.74, 6) is 0. The normalized spacial score (nSPS) is 11.7. The van der Waals surface area contributed by atoms with Crippen molar-refractivity contribution in [3.8, 4) is 6.07 Å². The Kier molecular flexibility index (Phi) is 3.54. The lowest BCUT2D eigenvalue weighted by Crippen LogP contribution is -2.38. The van der Waals surface area contributed by atoms with Crippen LogP contribution in [0.1, 0.15) is 18.7 Å². The van der Waals surface area contributed by atoms with E-state index in [0.717, 1.165) is 10.9 Å². The minimum Gasteiger partial charge on any atom is -0.284 e. The van der Waals surface area contributed by atoms with Gasteiger partial charge in [0.15, 0.2) is 0 Å². The number of rotatable bonds is 3. The number of nitrogens with zero attached hydrogens (tertiary/aromatic N) is 2. The van der Waals surface area contributed by atoms with Gasteiger partial charge in [-0.05, 0) is 33.0 Å². The first-order valence-electron chi connectivity index (χ1n) is 4.32. The monoisotopic (exact) mass is 228 g/mol. The molecule has 14 heavy (non-hydrogen) atoms. The summed E-state index contributed by atoms with van der Waals surface area (Å²) in [6.45, 7) is 4.57. The largest absolute Gasteiger partial charge is 0.284 e. The van der Waals surface area contributed by atoms with Crippen LogP contribution in [0.15, 0.2) is 12.1 Å². The van der Waals surface area contributed by atoms with Crippen LogP contribution in [0.2, 0.25) is 4.34 Å². The predicted octanol–water partition coefficient (Wildman–Crippen LogP) is 3.14. The molecule has 0 saturated carbocycles. The Hall–Kier alpha value is -0.560. The molecule has 0 fully saturated rings. The lowest BCUT2D eigenvalue weighted by molar-refractivity contribution is 0.204. The van der Waals surface area contributed by atoms with E-state index in [1.165, 1.54) is 4.88 Å². The minimum absolute atomic E-state index is 0.434. The standard InChI is InChI=1S/C10H13ClN2S/c1-10(2,7-12)13(3)6-8-4-5-9(11)14-8/h4-5H,6H2,1-3H3. The van der Waals surface area contributed by atoms with Gasteiger partial charge in [0.05, 0.1) is 10.4 Å². The smallest absolute Gasteiger partial charge is 0.103 e. The molecule has 0 aliphatic rings. The van der Waals surface area contributed by atoms with Gasteiger partial charge in [0.2, 0.25) is 0 Å². The van der Waals surface area contributed by atoms with Crippen LogP contribution in [0.5, 0.6) is 0 Å². The highest BCUT2D eigenvalue weighted by Gasteiger charge is 2.22. The predicted molar refractivity (Wildman–Crippen MR) is 60.5 cm³/mol. The summed E-state index contributed by atoms with van der Waals surface area (Å²) in [6.07, 6.45) is 0. The first-order chi connectivity index (χ1) is 6.45. The van der Waals surface area contributed by atoms with Gasteiger partial charge in [-0.3, -0.25) is 4.90 Å². The summed E-state index contributed by atoms with van der Waals surface area (Å²) < 4.78 is 0.795. The molecule has 0 aliphatic heterocycles. The Morgan fingerprint density at radius 3 is 2.64 bits per heavy atom. The van der Waals surface area contributed by atoms with E-state index in [-0.39, 0.29) is 0 Å². The van der Waals surface area contributed by atoms with Crippen molar-refractivity contribution in [2.45, 2.75) is 25.9 Å². The first-order valence-corrected chi connectivity index (χ1v) is 5.52. The Morgan fingerprint density at radius 1 is 1.57 bits per heavy atom. The molecular weight excluding hydrogens is 216 g/mol. The number of nitriles is 1. The highest BCUT2D eigenvalue weighted by atomic mass is 35.5. The van der Waals surface area contributed by atoms with E-state index in [2.05, 4.69) is 6.07 Å². The Labute approximate surface area is 93.7 Å². The van der Waals surface area contributed by atoms with Gasteiger partial charge in [-0.1, -0.05) is 11.6 Å². The van der Waals surface area contributed by atoms with Crippen LogP contribution in [-0.4, -0.2) is 17.5 Å². The average molecular weight is 229 g/mol. The average Bonchev–Trinajstić information content (AvgIpc) is 2.51. The topological polar surface area (TPSA) is 27.0 Å². The fourth-order valence-electron chi connectivity index (χ4n) is 0.953. The van der Waals surface area contributed by atoms with Gasteiger partial charge in [0, 0.05) is 11.4 Å². The maximum atomic E-state index is 8.93. The molecule has 2 nitrogen and oxygen atoms in total. The zero-order valence-corrected chi connectivity index (χ0v) is 10.1. The van der Waals surface area contributed by atoms with Crippen molar-refractivity contribution in [3.05, 3.63) is 21.3 Å². The summed E-state index contributed by atoms with van der Waals surface area (Å²) in [5, 5.41) is 8.93. The van der Waals surface area contributed by atoms with E-state index in [1.807, 2.05) is 37.9 Å². The van der Waals surface area contributed by atoms with Crippen molar-refractivity contribution >= 4 is 22.9 Å². The van der Waals surface area contributed by atoms with Crippen LogP contribution in [0.4, 0.5) is 0 Å². The van der Waals surface area contributed by atoms with Crippen molar-refractivity contribution in [3.63, 3.8) is 0 Å². The third kappa shape index (κ3) is 2.71. The van der Waals surface area contributed by atoms with E-state index < -0.39 is 5.54 Å². The number of hydrogen-bond donors (Lipinski definition) is 0. The quantitative estimate of drug-likeness (QED) is 0.795. The van der Waals surface area contributed by atoms with Crippen LogP contribution in [0.3, 0.4) is 0 Å². The molecule has 1 aromatic heterocycles. The summed E-state index contributed by atoms with van der Waals surface area (Å²) in [6, 6.07) is 6.15. The fraction of sp³-hybridized carbons (Fsp3) is 0.500. The van der Waals surface area contributed by atoms with Crippen molar-refractivity contribution in [1.82, 2.24) is 4.90 Å². The van der Waals surface area contributed by atoms with Crippen LogP contribution in [-0.2, 0) is 6.54 Å². The van der Waals surface area contributed by atoms with Crippen LogP contribution < -0.4 is 0 Å². The van der Waals surface area contributed by atoms with Crippen LogP contribution in [0.25, 0.3) is 0 Å². The maximum absolute atomic E-state index is 8.93. The van der Waals surface area contributed by atoms with Gasteiger partial charge >= 0.3 is 0 Å². The highest BCUT2D eigenvalue weighted by molar-refractivity contribution is 7.16. The zero-order chi connectivity index (χ0) is 10.8. The molecule has 0 N–H and O–H groups in total. The molecule has 0 radical (unpaired) electrons. The Bertz CT molecular complexity index is 351. The molecule has 0 atom stereocenters. The molecule has 1 aromatic rings. The van der Waals surface area contributed by atoms with Crippen molar-refractivity contribution in [2.75, 3.05) is 7.05 Å². The van der Waals surface area contributed by atoms with Gasteiger partial charge in [-0.25, -0.2) is 0 Å². The second-order valence-electron chi connectivity index (χ2n) is 3.73. The summed E-state index contributed by atoms with van der Waals surface area (Å²) >= 11 is 7.38. The maximum Gasteiger partial charge on any atom is 0.103 e.